The number of rotatable bonds is 4. The number of thiocarbonyl (C=S) groups is 1. The molecule has 154 valence electrons. The van der Waals surface area contributed by atoms with Gasteiger partial charge in [-0.1, -0.05) is 6.07 Å². The fourth-order valence-corrected chi connectivity index (χ4v) is 5.63. The molecule has 5 rings (SSSR count). The number of aromatic nitrogens is 1. The van der Waals surface area contributed by atoms with Crippen molar-refractivity contribution in [2.45, 2.75) is 19.0 Å². The molecule has 0 spiro atoms. The number of pyridine rings is 1. The standard InChI is InChI=1S/C23H24N4OS2/c1-16-9-15-30-22(16)21-20(19-4-2-3-10-24-19)25-23(29)27(21)18-7-5-17(6-8-18)26-11-13-28-14-12-26/h2-10,15,20-21H,11-14H2,1H3,(H,25,29)/t20-,21-/m0/s1. The molecule has 1 N–H and O–H groups in total. The van der Waals surface area contributed by atoms with E-state index in [1.165, 1.54) is 16.1 Å². The first-order chi connectivity index (χ1) is 14.7. The highest BCUT2D eigenvalue weighted by Crippen LogP contribution is 2.44. The summed E-state index contributed by atoms with van der Waals surface area (Å²) in [5.41, 5.74) is 4.61. The van der Waals surface area contributed by atoms with E-state index >= 15 is 0 Å². The summed E-state index contributed by atoms with van der Waals surface area (Å²) in [7, 11) is 0. The third-order valence-electron chi connectivity index (χ3n) is 5.77. The lowest BCUT2D eigenvalue weighted by Gasteiger charge is -2.30. The molecule has 2 aromatic heterocycles. The van der Waals surface area contributed by atoms with Gasteiger partial charge in [-0.3, -0.25) is 4.98 Å². The average molecular weight is 437 g/mol. The summed E-state index contributed by atoms with van der Waals surface area (Å²) in [6, 6.07) is 17.0. The summed E-state index contributed by atoms with van der Waals surface area (Å²) >= 11 is 7.60. The molecule has 5 nitrogen and oxygen atoms in total. The Morgan fingerprint density at radius 3 is 2.50 bits per heavy atom. The van der Waals surface area contributed by atoms with Crippen molar-refractivity contribution < 1.29 is 4.74 Å². The van der Waals surface area contributed by atoms with Gasteiger partial charge in [-0.15, -0.1) is 11.3 Å². The minimum absolute atomic E-state index is 0.00923. The van der Waals surface area contributed by atoms with Crippen molar-refractivity contribution in [2.75, 3.05) is 36.1 Å². The molecule has 4 heterocycles. The molecule has 0 bridgehead atoms. The minimum Gasteiger partial charge on any atom is -0.378 e. The Balaban J connectivity index is 1.51. The van der Waals surface area contributed by atoms with Gasteiger partial charge in [0.25, 0.3) is 0 Å². The van der Waals surface area contributed by atoms with E-state index in [0.717, 1.165) is 42.8 Å². The number of benzene rings is 1. The SMILES string of the molecule is Cc1ccsc1[C@@H]1[C@H](c2ccccn2)NC(=S)N1c1ccc(N2CCOCC2)cc1. The maximum Gasteiger partial charge on any atom is 0.174 e. The number of anilines is 2. The summed E-state index contributed by atoms with van der Waals surface area (Å²) in [6.45, 7) is 5.60. The molecule has 2 aliphatic rings. The zero-order valence-electron chi connectivity index (χ0n) is 16.8. The Morgan fingerprint density at radius 2 is 1.83 bits per heavy atom. The quantitative estimate of drug-likeness (QED) is 0.609. The van der Waals surface area contributed by atoms with Crippen LogP contribution in [0.1, 0.15) is 28.2 Å². The van der Waals surface area contributed by atoms with Crippen molar-refractivity contribution in [3.05, 3.63) is 76.2 Å². The van der Waals surface area contributed by atoms with Crippen LogP contribution >= 0.6 is 23.6 Å². The molecule has 2 aliphatic heterocycles. The lowest BCUT2D eigenvalue weighted by atomic mass is 10.0. The van der Waals surface area contributed by atoms with Crippen LogP contribution in [0, 0.1) is 6.92 Å². The van der Waals surface area contributed by atoms with Crippen molar-refractivity contribution in [1.29, 1.82) is 0 Å². The maximum atomic E-state index is 5.82. The van der Waals surface area contributed by atoms with Gasteiger partial charge < -0.3 is 19.9 Å². The van der Waals surface area contributed by atoms with Crippen molar-refractivity contribution in [1.82, 2.24) is 10.3 Å². The monoisotopic (exact) mass is 436 g/mol. The molecular formula is C23H24N4OS2. The lowest BCUT2D eigenvalue weighted by Crippen LogP contribution is -2.36. The second-order valence-electron chi connectivity index (χ2n) is 7.58. The van der Waals surface area contributed by atoms with Crippen LogP contribution in [0.5, 0.6) is 0 Å². The summed E-state index contributed by atoms with van der Waals surface area (Å²) in [4.78, 5) is 10.6. The fraction of sp³-hybridized carbons (Fsp3) is 0.304. The molecule has 2 atom stereocenters. The van der Waals surface area contributed by atoms with Crippen molar-refractivity contribution in [3.63, 3.8) is 0 Å². The molecule has 0 amide bonds. The van der Waals surface area contributed by atoms with E-state index in [1.54, 1.807) is 11.3 Å². The van der Waals surface area contributed by atoms with E-state index in [2.05, 4.69) is 68.8 Å². The molecule has 2 fully saturated rings. The number of hydrogen-bond donors (Lipinski definition) is 1. The predicted molar refractivity (Wildman–Crippen MR) is 126 cm³/mol. The van der Waals surface area contributed by atoms with E-state index in [-0.39, 0.29) is 12.1 Å². The number of morpholine rings is 1. The topological polar surface area (TPSA) is 40.6 Å². The van der Waals surface area contributed by atoms with Crippen molar-refractivity contribution in [2.24, 2.45) is 0 Å². The Labute approximate surface area is 186 Å². The van der Waals surface area contributed by atoms with E-state index in [4.69, 9.17) is 17.0 Å². The zero-order valence-corrected chi connectivity index (χ0v) is 18.5. The first-order valence-corrected chi connectivity index (χ1v) is 11.5. The maximum absolute atomic E-state index is 5.82. The third-order valence-corrected chi connectivity index (χ3v) is 7.18. The second kappa shape index (κ2) is 8.34. The zero-order chi connectivity index (χ0) is 20.5. The Bertz CT molecular complexity index is 1020. The average Bonchev–Trinajstić information content (AvgIpc) is 3.37. The molecule has 30 heavy (non-hydrogen) atoms. The fourth-order valence-electron chi connectivity index (χ4n) is 4.23. The first kappa shape index (κ1) is 19.5. The van der Waals surface area contributed by atoms with Gasteiger partial charge in [-0.25, -0.2) is 0 Å². The van der Waals surface area contributed by atoms with Gasteiger partial charge in [0, 0.05) is 35.5 Å². The van der Waals surface area contributed by atoms with Crippen LogP contribution in [-0.2, 0) is 4.74 Å². The van der Waals surface area contributed by atoms with Crippen LogP contribution in [0.15, 0.2) is 60.1 Å². The Kier molecular flexibility index (Phi) is 5.41. The summed E-state index contributed by atoms with van der Waals surface area (Å²) in [5, 5.41) is 6.43. The number of nitrogens with zero attached hydrogens (tertiary/aromatic N) is 3. The Hall–Kier alpha value is -2.48. The molecule has 0 radical (unpaired) electrons. The van der Waals surface area contributed by atoms with Crippen molar-refractivity contribution in [3.8, 4) is 0 Å². The van der Waals surface area contributed by atoms with Gasteiger partial charge in [0.15, 0.2) is 5.11 Å². The van der Waals surface area contributed by atoms with E-state index < -0.39 is 0 Å². The number of nitrogens with one attached hydrogen (secondary N) is 1. The van der Waals surface area contributed by atoms with Crippen LogP contribution < -0.4 is 15.1 Å². The number of thiophene rings is 1. The largest absolute Gasteiger partial charge is 0.378 e. The van der Waals surface area contributed by atoms with Gasteiger partial charge in [0.05, 0.1) is 31.0 Å². The number of hydrogen-bond acceptors (Lipinski definition) is 5. The smallest absolute Gasteiger partial charge is 0.174 e. The van der Waals surface area contributed by atoms with Crippen LogP contribution in [0.2, 0.25) is 0 Å². The predicted octanol–water partition coefficient (Wildman–Crippen LogP) is 4.47. The van der Waals surface area contributed by atoms with E-state index in [1.807, 2.05) is 18.3 Å². The molecule has 0 aliphatic carbocycles. The summed E-state index contributed by atoms with van der Waals surface area (Å²) in [6.07, 6.45) is 1.85. The minimum atomic E-state index is 0.00923. The summed E-state index contributed by atoms with van der Waals surface area (Å²) in [5.74, 6) is 0. The normalized spacial score (nSPS) is 21.7. The number of ether oxygens (including phenoxy) is 1. The molecule has 7 heteroatoms. The van der Waals surface area contributed by atoms with Gasteiger partial charge in [0.1, 0.15) is 0 Å². The van der Waals surface area contributed by atoms with Gasteiger partial charge in [-0.05, 0) is 72.5 Å². The highest BCUT2D eigenvalue weighted by molar-refractivity contribution is 7.80. The second-order valence-corrected chi connectivity index (χ2v) is 8.91. The van der Waals surface area contributed by atoms with Crippen LogP contribution in [0.3, 0.4) is 0 Å². The third kappa shape index (κ3) is 3.57. The molecular weight excluding hydrogens is 412 g/mol. The molecule has 2 saturated heterocycles. The van der Waals surface area contributed by atoms with Gasteiger partial charge >= 0.3 is 0 Å². The summed E-state index contributed by atoms with van der Waals surface area (Å²) < 4.78 is 5.48. The highest BCUT2D eigenvalue weighted by Gasteiger charge is 2.41. The molecule has 0 unspecified atom stereocenters. The van der Waals surface area contributed by atoms with Crippen molar-refractivity contribution >= 4 is 40.0 Å². The lowest BCUT2D eigenvalue weighted by molar-refractivity contribution is 0.122. The molecule has 0 saturated carbocycles. The van der Waals surface area contributed by atoms with Gasteiger partial charge in [-0.2, -0.15) is 0 Å². The highest BCUT2D eigenvalue weighted by atomic mass is 32.1. The van der Waals surface area contributed by atoms with Gasteiger partial charge in [0.2, 0.25) is 0 Å². The van der Waals surface area contributed by atoms with Crippen LogP contribution in [0.25, 0.3) is 0 Å². The van der Waals surface area contributed by atoms with E-state index in [0.29, 0.717) is 0 Å². The van der Waals surface area contributed by atoms with Crippen LogP contribution in [0.4, 0.5) is 11.4 Å². The molecule has 1 aromatic carbocycles. The number of aryl methyl sites for hydroxylation is 1. The van der Waals surface area contributed by atoms with E-state index in [9.17, 15) is 0 Å². The Morgan fingerprint density at radius 1 is 1.07 bits per heavy atom. The molecule has 3 aromatic rings. The van der Waals surface area contributed by atoms with Crippen LogP contribution in [-0.4, -0.2) is 36.4 Å². The first-order valence-electron chi connectivity index (χ1n) is 10.2.